The van der Waals surface area contributed by atoms with Gasteiger partial charge < -0.3 is 10.2 Å². The summed E-state index contributed by atoms with van der Waals surface area (Å²) in [6.45, 7) is 3.91. The molecule has 96 valence electrons. The van der Waals surface area contributed by atoms with Gasteiger partial charge in [0, 0.05) is 21.8 Å². The maximum absolute atomic E-state index is 5.99. The van der Waals surface area contributed by atoms with Gasteiger partial charge in [0.15, 0.2) is 5.58 Å². The molecule has 0 aliphatic rings. The molecule has 0 unspecified atom stereocenters. The lowest BCUT2D eigenvalue weighted by Crippen LogP contribution is -1.91. The zero-order valence-corrected chi connectivity index (χ0v) is 11.5. The smallest absolute Gasteiger partial charge is 0.227 e. The van der Waals surface area contributed by atoms with Crippen LogP contribution in [0.25, 0.3) is 22.6 Å². The number of aryl methyl sites for hydroxylation is 2. The Morgan fingerprint density at radius 3 is 2.74 bits per heavy atom. The van der Waals surface area contributed by atoms with Crippen LogP contribution >= 0.6 is 11.6 Å². The van der Waals surface area contributed by atoms with Gasteiger partial charge in [-0.1, -0.05) is 17.7 Å². The lowest BCUT2D eigenvalue weighted by molar-refractivity contribution is 0.617. The van der Waals surface area contributed by atoms with Crippen LogP contribution in [0.15, 0.2) is 34.7 Å². The standard InChI is InChI=1S/C15H13ClN2O/c1-8-6-12(17)9(2)13-14(8)19-15(18-13)10-4-3-5-11(16)7-10/h3-7H,17H2,1-2H3. The molecular formula is C15H13ClN2O. The van der Waals surface area contributed by atoms with Crippen molar-refractivity contribution in [2.75, 3.05) is 5.73 Å². The Morgan fingerprint density at radius 1 is 1.21 bits per heavy atom. The van der Waals surface area contributed by atoms with E-state index in [2.05, 4.69) is 4.98 Å². The van der Waals surface area contributed by atoms with Crippen LogP contribution in [0.1, 0.15) is 11.1 Å². The fourth-order valence-corrected chi connectivity index (χ4v) is 2.32. The molecule has 0 fully saturated rings. The van der Waals surface area contributed by atoms with Crippen LogP contribution in [0.5, 0.6) is 0 Å². The number of hydrogen-bond donors (Lipinski definition) is 1. The summed E-state index contributed by atoms with van der Waals surface area (Å²) in [4.78, 5) is 4.54. The number of aromatic nitrogens is 1. The number of anilines is 1. The molecule has 0 saturated heterocycles. The Kier molecular flexibility index (Phi) is 2.72. The molecular weight excluding hydrogens is 260 g/mol. The average Bonchev–Trinajstić information content (AvgIpc) is 2.82. The minimum absolute atomic E-state index is 0.564. The molecule has 0 aliphatic carbocycles. The molecule has 0 saturated carbocycles. The Bertz CT molecular complexity index is 777. The van der Waals surface area contributed by atoms with Gasteiger partial charge in [-0.15, -0.1) is 0 Å². The van der Waals surface area contributed by atoms with E-state index < -0.39 is 0 Å². The number of oxazole rings is 1. The molecule has 3 aromatic rings. The lowest BCUT2D eigenvalue weighted by Gasteiger charge is -2.01. The summed E-state index contributed by atoms with van der Waals surface area (Å²) in [5, 5.41) is 0.660. The minimum atomic E-state index is 0.564. The molecule has 1 aromatic heterocycles. The van der Waals surface area contributed by atoms with Gasteiger partial charge in [0.1, 0.15) is 5.52 Å². The van der Waals surface area contributed by atoms with E-state index in [9.17, 15) is 0 Å². The van der Waals surface area contributed by atoms with Gasteiger partial charge in [-0.05, 0) is 43.7 Å². The van der Waals surface area contributed by atoms with Crippen molar-refractivity contribution >= 4 is 28.4 Å². The van der Waals surface area contributed by atoms with Gasteiger partial charge in [0.25, 0.3) is 0 Å². The molecule has 0 spiro atoms. The average molecular weight is 273 g/mol. The van der Waals surface area contributed by atoms with Crippen molar-refractivity contribution in [2.24, 2.45) is 0 Å². The van der Waals surface area contributed by atoms with Gasteiger partial charge in [0.05, 0.1) is 0 Å². The van der Waals surface area contributed by atoms with Crippen LogP contribution in [0, 0.1) is 13.8 Å². The fraction of sp³-hybridized carbons (Fsp3) is 0.133. The number of rotatable bonds is 1. The Hall–Kier alpha value is -2.00. The predicted octanol–water partition coefficient (Wildman–Crippen LogP) is 4.35. The zero-order chi connectivity index (χ0) is 13.6. The predicted molar refractivity (Wildman–Crippen MR) is 78.3 cm³/mol. The van der Waals surface area contributed by atoms with Crippen molar-refractivity contribution in [1.82, 2.24) is 4.98 Å². The third kappa shape index (κ3) is 1.96. The molecule has 3 rings (SSSR count). The van der Waals surface area contributed by atoms with E-state index in [4.69, 9.17) is 21.8 Å². The Morgan fingerprint density at radius 2 is 2.00 bits per heavy atom. The first kappa shape index (κ1) is 12.1. The number of nitrogen functional groups attached to an aromatic ring is 1. The van der Waals surface area contributed by atoms with Crippen molar-refractivity contribution in [2.45, 2.75) is 13.8 Å². The summed E-state index contributed by atoms with van der Waals surface area (Å²) in [5.74, 6) is 0.564. The molecule has 0 aliphatic heterocycles. The van der Waals surface area contributed by atoms with Gasteiger partial charge in [0.2, 0.25) is 5.89 Å². The molecule has 2 aromatic carbocycles. The normalized spacial score (nSPS) is 11.1. The summed E-state index contributed by atoms with van der Waals surface area (Å²) in [7, 11) is 0. The van der Waals surface area contributed by atoms with E-state index in [1.165, 1.54) is 0 Å². The SMILES string of the molecule is Cc1c(N)cc(C)c2oc(-c3cccc(Cl)c3)nc12. The van der Waals surface area contributed by atoms with E-state index in [0.29, 0.717) is 10.9 Å². The van der Waals surface area contributed by atoms with Crippen LogP contribution in [0.3, 0.4) is 0 Å². The molecule has 0 amide bonds. The first-order valence-electron chi connectivity index (χ1n) is 5.98. The first-order valence-corrected chi connectivity index (χ1v) is 6.36. The number of nitrogens with two attached hydrogens (primary N) is 1. The molecule has 3 nitrogen and oxygen atoms in total. The molecule has 0 bridgehead atoms. The summed E-state index contributed by atoms with van der Waals surface area (Å²) >= 11 is 5.99. The highest BCUT2D eigenvalue weighted by atomic mass is 35.5. The van der Waals surface area contributed by atoms with E-state index in [0.717, 1.165) is 33.5 Å². The van der Waals surface area contributed by atoms with E-state index in [-0.39, 0.29) is 0 Å². The molecule has 1 heterocycles. The maximum Gasteiger partial charge on any atom is 0.227 e. The van der Waals surface area contributed by atoms with Crippen molar-refractivity contribution in [3.63, 3.8) is 0 Å². The summed E-state index contributed by atoms with van der Waals surface area (Å²) in [6.07, 6.45) is 0. The molecule has 0 atom stereocenters. The number of fused-ring (bicyclic) bond motifs is 1. The van der Waals surface area contributed by atoms with Gasteiger partial charge in [-0.2, -0.15) is 0 Å². The summed E-state index contributed by atoms with van der Waals surface area (Å²) in [5.41, 5.74) is 11.1. The van der Waals surface area contributed by atoms with Crippen molar-refractivity contribution in [3.8, 4) is 11.5 Å². The number of halogens is 1. The zero-order valence-electron chi connectivity index (χ0n) is 10.7. The first-order chi connectivity index (χ1) is 9.06. The van der Waals surface area contributed by atoms with Crippen LogP contribution in [-0.4, -0.2) is 4.98 Å². The highest BCUT2D eigenvalue weighted by Gasteiger charge is 2.14. The second kappa shape index (κ2) is 4.28. The second-order valence-corrected chi connectivity index (χ2v) is 5.05. The third-order valence-electron chi connectivity index (χ3n) is 3.22. The molecule has 19 heavy (non-hydrogen) atoms. The minimum Gasteiger partial charge on any atom is -0.436 e. The Labute approximate surface area is 116 Å². The van der Waals surface area contributed by atoms with E-state index >= 15 is 0 Å². The topological polar surface area (TPSA) is 52.0 Å². The molecule has 4 heteroatoms. The van der Waals surface area contributed by atoms with Gasteiger partial charge >= 0.3 is 0 Å². The second-order valence-electron chi connectivity index (χ2n) is 4.61. The lowest BCUT2D eigenvalue weighted by atomic mass is 10.1. The summed E-state index contributed by atoms with van der Waals surface area (Å²) in [6, 6.07) is 9.36. The fourth-order valence-electron chi connectivity index (χ4n) is 2.13. The van der Waals surface area contributed by atoms with Gasteiger partial charge in [-0.3, -0.25) is 0 Å². The van der Waals surface area contributed by atoms with Crippen LogP contribution in [0.2, 0.25) is 5.02 Å². The van der Waals surface area contributed by atoms with Crippen molar-refractivity contribution in [3.05, 3.63) is 46.5 Å². The number of benzene rings is 2. The van der Waals surface area contributed by atoms with Gasteiger partial charge in [-0.25, -0.2) is 4.98 Å². The maximum atomic E-state index is 5.99. The summed E-state index contributed by atoms with van der Waals surface area (Å²) < 4.78 is 5.85. The van der Waals surface area contributed by atoms with Crippen molar-refractivity contribution < 1.29 is 4.42 Å². The monoisotopic (exact) mass is 272 g/mol. The number of hydrogen-bond acceptors (Lipinski definition) is 3. The highest BCUT2D eigenvalue weighted by Crippen LogP contribution is 2.31. The highest BCUT2D eigenvalue weighted by molar-refractivity contribution is 6.30. The van der Waals surface area contributed by atoms with E-state index in [1.54, 1.807) is 0 Å². The molecule has 0 radical (unpaired) electrons. The van der Waals surface area contributed by atoms with Crippen LogP contribution in [-0.2, 0) is 0 Å². The third-order valence-corrected chi connectivity index (χ3v) is 3.45. The quantitative estimate of drug-likeness (QED) is 0.670. The van der Waals surface area contributed by atoms with Crippen LogP contribution in [0.4, 0.5) is 5.69 Å². The van der Waals surface area contributed by atoms with Crippen LogP contribution < -0.4 is 5.73 Å². The number of nitrogens with zero attached hydrogens (tertiary/aromatic N) is 1. The van der Waals surface area contributed by atoms with Crippen molar-refractivity contribution in [1.29, 1.82) is 0 Å². The molecule has 2 N–H and O–H groups in total. The van der Waals surface area contributed by atoms with E-state index in [1.807, 2.05) is 44.2 Å². The Balaban J connectivity index is 2.28. The largest absolute Gasteiger partial charge is 0.436 e.